The smallest absolute Gasteiger partial charge is 0.0924 e. The zero-order chi connectivity index (χ0) is 8.81. The summed E-state index contributed by atoms with van der Waals surface area (Å²) in [5, 5.41) is 12.5. The van der Waals surface area contributed by atoms with Crippen molar-refractivity contribution in [3.8, 4) is 6.07 Å². The van der Waals surface area contributed by atoms with Gasteiger partial charge in [0, 0.05) is 29.1 Å². The van der Waals surface area contributed by atoms with Crippen molar-refractivity contribution in [2.45, 2.75) is 18.2 Å². The van der Waals surface area contributed by atoms with Gasteiger partial charge in [0.1, 0.15) is 0 Å². The molecule has 1 fully saturated rings. The second-order valence-corrected chi connectivity index (χ2v) is 5.38. The topological polar surface area (TPSA) is 35.8 Å². The number of thioether (sulfide) groups is 2. The van der Waals surface area contributed by atoms with Crippen LogP contribution in [0.5, 0.6) is 0 Å². The van der Waals surface area contributed by atoms with Gasteiger partial charge in [-0.1, -0.05) is 0 Å². The molecule has 0 amide bonds. The van der Waals surface area contributed by atoms with Crippen molar-refractivity contribution in [2.75, 3.05) is 23.8 Å². The van der Waals surface area contributed by atoms with Crippen molar-refractivity contribution in [2.24, 2.45) is 0 Å². The Morgan fingerprint density at radius 1 is 1.67 bits per heavy atom. The summed E-state index contributed by atoms with van der Waals surface area (Å²) in [4.78, 5) is 0. The number of nitrogens with one attached hydrogen (secondary N) is 1. The number of nitrogens with zero attached hydrogens (tertiary/aromatic N) is 1. The first-order valence-electron chi connectivity index (χ1n) is 4.15. The van der Waals surface area contributed by atoms with Crippen LogP contribution in [-0.4, -0.2) is 35.1 Å². The zero-order valence-corrected chi connectivity index (χ0v) is 8.88. The molecule has 1 rings (SSSR count). The van der Waals surface area contributed by atoms with Gasteiger partial charge < -0.3 is 5.32 Å². The van der Waals surface area contributed by atoms with Crippen molar-refractivity contribution in [1.29, 1.82) is 5.26 Å². The van der Waals surface area contributed by atoms with E-state index in [1.54, 1.807) is 0 Å². The Hall–Kier alpha value is 0.150. The molecule has 0 bridgehead atoms. The molecule has 0 aromatic carbocycles. The van der Waals surface area contributed by atoms with Gasteiger partial charge in [0.15, 0.2) is 0 Å². The Morgan fingerprint density at radius 2 is 2.50 bits per heavy atom. The van der Waals surface area contributed by atoms with E-state index in [-0.39, 0.29) is 6.04 Å². The van der Waals surface area contributed by atoms with Crippen LogP contribution in [0.25, 0.3) is 0 Å². The average molecular weight is 202 g/mol. The molecule has 0 aromatic rings. The molecule has 2 atom stereocenters. The van der Waals surface area contributed by atoms with Gasteiger partial charge in [0.2, 0.25) is 0 Å². The molecule has 4 heteroatoms. The summed E-state index contributed by atoms with van der Waals surface area (Å²) < 4.78 is 0. The van der Waals surface area contributed by atoms with Gasteiger partial charge >= 0.3 is 0 Å². The van der Waals surface area contributed by atoms with Crippen molar-refractivity contribution >= 4 is 23.5 Å². The van der Waals surface area contributed by atoms with E-state index in [1.807, 2.05) is 30.4 Å². The molecule has 1 heterocycles. The summed E-state index contributed by atoms with van der Waals surface area (Å²) in [6.45, 7) is 2.88. The van der Waals surface area contributed by atoms with E-state index in [9.17, 15) is 0 Å². The van der Waals surface area contributed by atoms with E-state index in [0.29, 0.717) is 5.25 Å². The standard InChI is InChI=1S/C8H14N2S2/c1-7(4-9)10-5-8-6-11-2-3-12-8/h7-8,10H,2-3,5-6H2,1H3. The fraction of sp³-hybridized carbons (Fsp3) is 0.875. The predicted octanol–water partition coefficient (Wildman–Crippen LogP) is 1.34. The maximum atomic E-state index is 8.54. The van der Waals surface area contributed by atoms with Crippen molar-refractivity contribution in [3.05, 3.63) is 0 Å². The third kappa shape index (κ3) is 3.70. The van der Waals surface area contributed by atoms with Crippen LogP contribution in [0.3, 0.4) is 0 Å². The van der Waals surface area contributed by atoms with Crippen molar-refractivity contribution in [1.82, 2.24) is 5.32 Å². The molecule has 0 aromatic heterocycles. The maximum absolute atomic E-state index is 8.54. The molecule has 1 aliphatic heterocycles. The van der Waals surface area contributed by atoms with Gasteiger partial charge in [0.25, 0.3) is 0 Å². The second-order valence-electron chi connectivity index (χ2n) is 2.83. The minimum Gasteiger partial charge on any atom is -0.301 e. The summed E-state index contributed by atoms with van der Waals surface area (Å²) in [6.07, 6.45) is 0. The van der Waals surface area contributed by atoms with Crippen molar-refractivity contribution in [3.63, 3.8) is 0 Å². The molecule has 0 saturated carbocycles. The van der Waals surface area contributed by atoms with Crippen LogP contribution >= 0.6 is 23.5 Å². The lowest BCUT2D eigenvalue weighted by atomic mass is 10.3. The van der Waals surface area contributed by atoms with Gasteiger partial charge in [0.05, 0.1) is 12.1 Å². The minimum atomic E-state index is -0.00229. The summed E-state index contributed by atoms with van der Waals surface area (Å²) in [7, 11) is 0. The lowest BCUT2D eigenvalue weighted by Gasteiger charge is -2.21. The number of hydrogen-bond acceptors (Lipinski definition) is 4. The van der Waals surface area contributed by atoms with E-state index >= 15 is 0 Å². The Bertz CT molecular complexity index is 161. The number of rotatable bonds is 3. The molecule has 2 unspecified atom stereocenters. The molecule has 68 valence electrons. The molecule has 1 aliphatic rings. The first kappa shape index (κ1) is 10.2. The maximum Gasteiger partial charge on any atom is 0.0924 e. The van der Waals surface area contributed by atoms with Gasteiger partial charge in [-0.3, -0.25) is 0 Å². The Kier molecular flexibility index (Phi) is 4.89. The molecule has 0 radical (unpaired) electrons. The van der Waals surface area contributed by atoms with Gasteiger partial charge in [-0.05, 0) is 6.92 Å². The highest BCUT2D eigenvalue weighted by Crippen LogP contribution is 2.23. The van der Waals surface area contributed by atoms with Crippen molar-refractivity contribution < 1.29 is 0 Å². The summed E-state index contributed by atoms with van der Waals surface area (Å²) in [5.41, 5.74) is 0. The first-order chi connectivity index (χ1) is 5.83. The van der Waals surface area contributed by atoms with E-state index in [0.717, 1.165) is 6.54 Å². The van der Waals surface area contributed by atoms with Crippen LogP contribution in [0.15, 0.2) is 0 Å². The third-order valence-corrected chi connectivity index (χ3v) is 4.58. The van der Waals surface area contributed by atoms with Crippen LogP contribution < -0.4 is 5.32 Å². The van der Waals surface area contributed by atoms with Gasteiger partial charge in [-0.25, -0.2) is 0 Å². The van der Waals surface area contributed by atoms with Crippen LogP contribution in [0.4, 0.5) is 0 Å². The largest absolute Gasteiger partial charge is 0.301 e. The third-order valence-electron chi connectivity index (χ3n) is 1.73. The Labute approximate surface area is 82.5 Å². The molecule has 0 spiro atoms. The summed E-state index contributed by atoms with van der Waals surface area (Å²) >= 11 is 4.04. The van der Waals surface area contributed by atoms with Gasteiger partial charge in [-0.15, -0.1) is 0 Å². The predicted molar refractivity (Wildman–Crippen MR) is 56.6 cm³/mol. The Balaban J connectivity index is 2.10. The van der Waals surface area contributed by atoms with E-state index < -0.39 is 0 Å². The lowest BCUT2D eigenvalue weighted by molar-refractivity contribution is 0.640. The normalized spacial score (nSPS) is 26.2. The van der Waals surface area contributed by atoms with E-state index in [2.05, 4.69) is 11.4 Å². The van der Waals surface area contributed by atoms with Crippen LogP contribution in [0.2, 0.25) is 0 Å². The summed E-state index contributed by atoms with van der Waals surface area (Å²) in [5.74, 6) is 3.78. The Morgan fingerprint density at radius 3 is 3.08 bits per heavy atom. The molecule has 12 heavy (non-hydrogen) atoms. The first-order valence-corrected chi connectivity index (χ1v) is 6.35. The quantitative estimate of drug-likeness (QED) is 0.749. The average Bonchev–Trinajstić information content (AvgIpc) is 2.16. The molecule has 0 aliphatic carbocycles. The highest BCUT2D eigenvalue weighted by atomic mass is 32.2. The molecule has 1 N–H and O–H groups in total. The summed E-state index contributed by atoms with van der Waals surface area (Å²) in [6, 6.07) is 2.18. The highest BCUT2D eigenvalue weighted by molar-refractivity contribution is 8.06. The lowest BCUT2D eigenvalue weighted by Crippen LogP contribution is -2.34. The fourth-order valence-electron chi connectivity index (χ4n) is 1.01. The molecule has 2 nitrogen and oxygen atoms in total. The number of hydrogen-bond donors (Lipinski definition) is 1. The van der Waals surface area contributed by atoms with Crippen LogP contribution in [-0.2, 0) is 0 Å². The fourth-order valence-corrected chi connectivity index (χ4v) is 3.63. The van der Waals surface area contributed by atoms with E-state index in [1.165, 1.54) is 17.3 Å². The monoisotopic (exact) mass is 202 g/mol. The zero-order valence-electron chi connectivity index (χ0n) is 7.25. The van der Waals surface area contributed by atoms with Crippen LogP contribution in [0, 0.1) is 11.3 Å². The van der Waals surface area contributed by atoms with Gasteiger partial charge in [-0.2, -0.15) is 28.8 Å². The number of nitriles is 1. The second kappa shape index (κ2) is 5.74. The molecular formula is C8H14N2S2. The molecule has 1 saturated heterocycles. The van der Waals surface area contributed by atoms with Crippen LogP contribution in [0.1, 0.15) is 6.92 Å². The highest BCUT2D eigenvalue weighted by Gasteiger charge is 2.14. The minimum absolute atomic E-state index is 0.00229. The van der Waals surface area contributed by atoms with E-state index in [4.69, 9.17) is 5.26 Å². The molecular weight excluding hydrogens is 188 g/mol. The SMILES string of the molecule is CC(C#N)NCC1CSCCS1.